The predicted octanol–water partition coefficient (Wildman–Crippen LogP) is 3.01. The van der Waals surface area contributed by atoms with Crippen LogP contribution in [-0.4, -0.2) is 44.0 Å². The lowest BCUT2D eigenvalue weighted by Gasteiger charge is -2.20. The molecular weight excluding hydrogens is 252 g/mol. The second-order valence-electron chi connectivity index (χ2n) is 4.99. The summed E-state index contributed by atoms with van der Waals surface area (Å²) in [5.41, 5.74) is 5.07. The van der Waals surface area contributed by atoms with Crippen LogP contribution in [0.1, 0.15) is 34.1 Å². The van der Waals surface area contributed by atoms with Crippen molar-refractivity contribution in [2.24, 2.45) is 15.1 Å². The van der Waals surface area contributed by atoms with E-state index in [2.05, 4.69) is 29.0 Å². The third kappa shape index (κ3) is 3.56. The van der Waals surface area contributed by atoms with E-state index in [0.717, 1.165) is 29.0 Å². The Kier molecular flexibility index (Phi) is 5.67. The molecule has 0 bridgehead atoms. The summed E-state index contributed by atoms with van der Waals surface area (Å²) >= 11 is 0. The lowest BCUT2D eigenvalue weighted by Crippen LogP contribution is -2.18. The Labute approximate surface area is 121 Å². The molecule has 1 aliphatic rings. The molecule has 0 atom stereocenters. The van der Waals surface area contributed by atoms with E-state index in [0.29, 0.717) is 5.84 Å². The van der Waals surface area contributed by atoms with Gasteiger partial charge < -0.3 is 9.74 Å². The Hall–Kier alpha value is -1.91. The molecule has 1 rings (SSSR count). The molecule has 0 aliphatic carbocycles. The SMILES string of the molecule is CC/C(C)=C1/C(N=CN(C)C)=C(C)C(C)=N/C1=N/OC. The van der Waals surface area contributed by atoms with Crippen molar-refractivity contribution in [2.45, 2.75) is 34.1 Å². The Bertz CT molecular complexity index is 522. The highest BCUT2D eigenvalue weighted by molar-refractivity contribution is 6.17. The highest BCUT2D eigenvalue weighted by atomic mass is 16.6. The van der Waals surface area contributed by atoms with Crippen LogP contribution in [0, 0.1) is 0 Å². The predicted molar refractivity (Wildman–Crippen MR) is 85.4 cm³/mol. The molecule has 0 saturated heterocycles. The van der Waals surface area contributed by atoms with E-state index in [9.17, 15) is 0 Å². The van der Waals surface area contributed by atoms with Gasteiger partial charge in [-0.05, 0) is 32.8 Å². The number of dihydropyridines is 1. The molecule has 0 aromatic rings. The van der Waals surface area contributed by atoms with Crippen molar-refractivity contribution in [1.82, 2.24) is 4.90 Å². The number of hydrogen-bond donors (Lipinski definition) is 0. The lowest BCUT2D eigenvalue weighted by molar-refractivity contribution is 0.213. The van der Waals surface area contributed by atoms with Crippen LogP contribution in [0.4, 0.5) is 0 Å². The Balaban J connectivity index is 3.49. The van der Waals surface area contributed by atoms with Gasteiger partial charge >= 0.3 is 0 Å². The van der Waals surface area contributed by atoms with E-state index in [1.165, 1.54) is 12.7 Å². The van der Waals surface area contributed by atoms with E-state index in [1.807, 2.05) is 32.8 Å². The van der Waals surface area contributed by atoms with Crippen LogP contribution >= 0.6 is 0 Å². The van der Waals surface area contributed by atoms with E-state index in [1.54, 1.807) is 6.34 Å². The zero-order valence-electron chi connectivity index (χ0n) is 13.5. The first-order chi connectivity index (χ1) is 9.42. The molecule has 110 valence electrons. The number of nitrogens with zero attached hydrogens (tertiary/aromatic N) is 4. The molecule has 5 nitrogen and oxygen atoms in total. The minimum Gasteiger partial charge on any atom is -0.397 e. The van der Waals surface area contributed by atoms with E-state index in [4.69, 9.17) is 4.84 Å². The average molecular weight is 276 g/mol. The third-order valence-corrected chi connectivity index (χ3v) is 3.18. The summed E-state index contributed by atoms with van der Waals surface area (Å²) in [6.45, 7) is 8.19. The molecule has 20 heavy (non-hydrogen) atoms. The van der Waals surface area contributed by atoms with Gasteiger partial charge in [0.2, 0.25) is 5.84 Å². The van der Waals surface area contributed by atoms with Gasteiger partial charge in [-0.25, -0.2) is 9.98 Å². The lowest BCUT2D eigenvalue weighted by atomic mass is 9.95. The fourth-order valence-corrected chi connectivity index (χ4v) is 1.82. The van der Waals surface area contributed by atoms with Crippen molar-refractivity contribution in [2.75, 3.05) is 21.2 Å². The summed E-state index contributed by atoms with van der Waals surface area (Å²) in [7, 11) is 5.43. The summed E-state index contributed by atoms with van der Waals surface area (Å²) in [5.74, 6) is 0.598. The maximum Gasteiger partial charge on any atom is 0.201 e. The van der Waals surface area contributed by atoms with Gasteiger partial charge in [-0.1, -0.05) is 17.7 Å². The Morgan fingerprint density at radius 1 is 1.35 bits per heavy atom. The van der Waals surface area contributed by atoms with Gasteiger partial charge in [-0.3, -0.25) is 0 Å². The molecule has 0 aromatic carbocycles. The van der Waals surface area contributed by atoms with Gasteiger partial charge in [-0.2, -0.15) is 0 Å². The van der Waals surface area contributed by atoms with Crippen LogP contribution in [0.5, 0.6) is 0 Å². The number of allylic oxidation sites excluding steroid dienone is 2. The largest absolute Gasteiger partial charge is 0.397 e. The number of aliphatic imine (C=N–C) groups is 2. The smallest absolute Gasteiger partial charge is 0.201 e. The van der Waals surface area contributed by atoms with Crippen molar-refractivity contribution in [3.05, 3.63) is 22.4 Å². The standard InChI is InChI=1S/C15H24N4O/c1-8-10(2)13-14(16-9-19(5)6)11(3)12(4)17-15(13)18-20-7/h9H,8H2,1-7H3/b13-10-,16-9?,18-15+. The quantitative estimate of drug-likeness (QED) is 0.450. The highest BCUT2D eigenvalue weighted by Crippen LogP contribution is 2.28. The van der Waals surface area contributed by atoms with Crippen molar-refractivity contribution in [3.63, 3.8) is 0 Å². The topological polar surface area (TPSA) is 49.5 Å². The average Bonchev–Trinajstić information content (AvgIpc) is 2.40. The molecule has 0 saturated carbocycles. The number of rotatable bonds is 4. The summed E-state index contributed by atoms with van der Waals surface area (Å²) in [4.78, 5) is 16.0. The number of hydrogen-bond acceptors (Lipinski definition) is 3. The summed E-state index contributed by atoms with van der Waals surface area (Å²) in [6, 6.07) is 0. The van der Waals surface area contributed by atoms with Gasteiger partial charge in [0, 0.05) is 25.4 Å². The van der Waals surface area contributed by atoms with Crippen LogP contribution in [0.3, 0.4) is 0 Å². The monoisotopic (exact) mass is 276 g/mol. The number of amidine groups is 1. The zero-order valence-corrected chi connectivity index (χ0v) is 13.5. The molecule has 1 aliphatic heterocycles. The minimum atomic E-state index is 0.598. The van der Waals surface area contributed by atoms with Crippen LogP contribution in [0.15, 0.2) is 37.6 Å². The van der Waals surface area contributed by atoms with Crippen molar-refractivity contribution >= 4 is 17.9 Å². The second kappa shape index (κ2) is 7.03. The van der Waals surface area contributed by atoms with Gasteiger partial charge in [0.05, 0.1) is 12.0 Å². The Morgan fingerprint density at radius 3 is 2.50 bits per heavy atom. The second-order valence-corrected chi connectivity index (χ2v) is 4.99. The highest BCUT2D eigenvalue weighted by Gasteiger charge is 2.23. The molecule has 0 spiro atoms. The first-order valence-corrected chi connectivity index (χ1v) is 6.71. The molecule has 0 amide bonds. The molecule has 0 N–H and O–H groups in total. The molecule has 0 unspecified atom stereocenters. The summed E-state index contributed by atoms with van der Waals surface area (Å²) < 4.78 is 0. The molecular formula is C15H24N4O. The first kappa shape index (κ1) is 16.1. The van der Waals surface area contributed by atoms with Crippen molar-refractivity contribution in [1.29, 1.82) is 0 Å². The van der Waals surface area contributed by atoms with Crippen molar-refractivity contribution in [3.8, 4) is 0 Å². The molecule has 5 heteroatoms. The van der Waals surface area contributed by atoms with E-state index < -0.39 is 0 Å². The van der Waals surface area contributed by atoms with Gasteiger partial charge in [-0.15, -0.1) is 0 Å². The van der Waals surface area contributed by atoms with Crippen LogP contribution in [-0.2, 0) is 4.84 Å². The molecule has 1 heterocycles. The first-order valence-electron chi connectivity index (χ1n) is 6.71. The molecule has 0 aromatic heterocycles. The minimum absolute atomic E-state index is 0.598. The van der Waals surface area contributed by atoms with Crippen molar-refractivity contribution < 1.29 is 4.84 Å². The summed E-state index contributed by atoms with van der Waals surface area (Å²) in [5, 5.41) is 4.05. The maximum absolute atomic E-state index is 4.93. The Morgan fingerprint density at radius 2 is 2.00 bits per heavy atom. The van der Waals surface area contributed by atoms with Gasteiger partial charge in [0.15, 0.2) is 0 Å². The van der Waals surface area contributed by atoms with Crippen LogP contribution in [0.25, 0.3) is 0 Å². The zero-order chi connectivity index (χ0) is 15.3. The van der Waals surface area contributed by atoms with Crippen LogP contribution < -0.4 is 0 Å². The normalized spacial score (nSPS) is 20.6. The van der Waals surface area contributed by atoms with E-state index >= 15 is 0 Å². The maximum atomic E-state index is 4.93. The number of oxime groups is 1. The molecule has 0 fully saturated rings. The summed E-state index contributed by atoms with van der Waals surface area (Å²) in [6.07, 6.45) is 2.71. The fraction of sp³-hybridized carbons (Fsp3) is 0.533. The fourth-order valence-electron chi connectivity index (χ4n) is 1.82. The van der Waals surface area contributed by atoms with Gasteiger partial charge in [0.25, 0.3) is 0 Å². The third-order valence-electron chi connectivity index (χ3n) is 3.18. The van der Waals surface area contributed by atoms with Gasteiger partial charge in [0.1, 0.15) is 7.11 Å². The molecule has 0 radical (unpaired) electrons. The van der Waals surface area contributed by atoms with Crippen LogP contribution in [0.2, 0.25) is 0 Å². The van der Waals surface area contributed by atoms with E-state index in [-0.39, 0.29) is 0 Å².